The number of esters is 2. The molecule has 1 aromatic heterocycles. The summed E-state index contributed by atoms with van der Waals surface area (Å²) < 4.78 is 54.5. The predicted octanol–water partition coefficient (Wildman–Crippen LogP) is 4.79. The zero-order chi connectivity index (χ0) is 29.0. The number of ether oxygens (including phenoxy) is 3. The molecule has 0 spiro atoms. The third-order valence-corrected chi connectivity index (χ3v) is 5.94. The van der Waals surface area contributed by atoms with Gasteiger partial charge >= 0.3 is 18.1 Å². The average Bonchev–Trinajstić information content (AvgIpc) is 2.96. The van der Waals surface area contributed by atoms with E-state index >= 15 is 0 Å². The molecule has 1 unspecified atom stereocenters. The second-order valence-corrected chi connectivity index (χ2v) is 8.29. The van der Waals surface area contributed by atoms with Gasteiger partial charge in [0.2, 0.25) is 5.88 Å². The first kappa shape index (κ1) is 27.7. The number of anilines is 1. The Morgan fingerprint density at radius 2 is 1.60 bits per heavy atom. The quantitative estimate of drug-likeness (QED) is 0.431. The molecule has 0 aliphatic carbocycles. The minimum Gasteiger partial charge on any atom is -0.466 e. The maximum Gasteiger partial charge on any atom is 0.433 e. The van der Waals surface area contributed by atoms with Crippen LogP contribution in [0.3, 0.4) is 0 Å². The van der Waals surface area contributed by atoms with E-state index in [0.717, 1.165) is 26.4 Å². The highest BCUT2D eigenvalue weighted by atomic mass is 19.4. The molecule has 1 aliphatic heterocycles. The van der Waals surface area contributed by atoms with Gasteiger partial charge in [-0.2, -0.15) is 18.4 Å². The summed E-state index contributed by atoms with van der Waals surface area (Å²) in [6.45, 7) is 0. The lowest BCUT2D eigenvalue weighted by molar-refractivity contribution is -0.141. The molecule has 3 aromatic rings. The summed E-state index contributed by atoms with van der Waals surface area (Å²) in [5.41, 5.74) is 5.60. The molecule has 0 saturated heterocycles. The third kappa shape index (κ3) is 5.30. The van der Waals surface area contributed by atoms with Crippen molar-refractivity contribution in [3.05, 3.63) is 107 Å². The zero-order valence-corrected chi connectivity index (χ0v) is 21.1. The number of nitriles is 1. The molecule has 0 fully saturated rings. The molecule has 40 heavy (non-hydrogen) atoms. The number of nitrogens with two attached hydrogens (primary N) is 1. The lowest BCUT2D eigenvalue weighted by Gasteiger charge is -2.35. The van der Waals surface area contributed by atoms with Crippen LogP contribution < -0.4 is 15.4 Å². The van der Waals surface area contributed by atoms with Crippen molar-refractivity contribution in [1.82, 2.24) is 4.98 Å². The summed E-state index contributed by atoms with van der Waals surface area (Å²) >= 11 is 0. The molecule has 0 saturated carbocycles. The first-order chi connectivity index (χ1) is 19.1. The second kappa shape index (κ2) is 11.2. The summed E-state index contributed by atoms with van der Waals surface area (Å²) in [6.07, 6.45) is -4.65. The fourth-order valence-electron chi connectivity index (χ4n) is 4.20. The van der Waals surface area contributed by atoms with E-state index in [9.17, 15) is 28.0 Å². The Hall–Kier alpha value is -5.31. The first-order valence-corrected chi connectivity index (χ1v) is 11.6. The van der Waals surface area contributed by atoms with Crippen molar-refractivity contribution < 1.29 is 37.0 Å². The zero-order valence-electron chi connectivity index (χ0n) is 21.1. The van der Waals surface area contributed by atoms with E-state index < -0.39 is 29.7 Å². The maximum absolute atomic E-state index is 13.1. The Balaban J connectivity index is 1.82. The van der Waals surface area contributed by atoms with Crippen molar-refractivity contribution in [3.63, 3.8) is 0 Å². The Labute approximate surface area is 226 Å². The molecule has 4 rings (SSSR count). The van der Waals surface area contributed by atoms with E-state index in [1.165, 1.54) is 35.2 Å². The number of benzene rings is 2. The highest BCUT2D eigenvalue weighted by Crippen LogP contribution is 2.43. The summed E-state index contributed by atoms with van der Waals surface area (Å²) in [6, 6.07) is 19.5. The van der Waals surface area contributed by atoms with Crippen LogP contribution in [0.5, 0.6) is 11.6 Å². The van der Waals surface area contributed by atoms with Crippen LogP contribution in [-0.2, 0) is 25.2 Å². The van der Waals surface area contributed by atoms with Crippen molar-refractivity contribution in [3.8, 4) is 17.7 Å². The molecule has 9 nitrogen and oxygen atoms in total. The fraction of sp³-hybridized carbons (Fsp3) is 0.143. The van der Waals surface area contributed by atoms with Crippen LogP contribution in [0.25, 0.3) is 0 Å². The molecular formula is C28H21F3N4O5. The Morgan fingerprint density at radius 1 is 0.950 bits per heavy atom. The van der Waals surface area contributed by atoms with Gasteiger partial charge in [-0.05, 0) is 35.9 Å². The fourth-order valence-corrected chi connectivity index (χ4v) is 4.20. The SMILES string of the molecule is COC(=O)C1=C(C(=O)OC)N(c2ccc(Oc3cccc(C(F)(F)F)n3)cc2)C(N)=C(C#N)C1c1ccccc1. The number of nitrogens with zero attached hydrogens (tertiary/aromatic N) is 3. The molecular weight excluding hydrogens is 529 g/mol. The lowest BCUT2D eigenvalue weighted by atomic mass is 9.81. The molecule has 2 N–H and O–H groups in total. The standard InChI is InChI=1S/C28H21F3N4O5/c1-38-26(36)23-22(16-7-4-3-5-8-16)19(15-32)25(33)35(24(23)27(37)39-2)17-11-13-18(14-12-17)40-21-10-6-9-20(34-21)28(29,30)31/h3-14,22H,33H2,1-2H3. The maximum atomic E-state index is 13.1. The number of carbonyl (C=O) groups is 2. The normalized spacial score (nSPS) is 15.4. The van der Waals surface area contributed by atoms with E-state index in [4.69, 9.17) is 19.9 Å². The largest absolute Gasteiger partial charge is 0.466 e. The van der Waals surface area contributed by atoms with Crippen LogP contribution in [0.4, 0.5) is 18.9 Å². The Morgan fingerprint density at radius 3 is 2.17 bits per heavy atom. The number of hydrogen-bond donors (Lipinski definition) is 1. The number of allylic oxidation sites excluding steroid dienone is 1. The highest BCUT2D eigenvalue weighted by Gasteiger charge is 2.43. The Kier molecular flexibility index (Phi) is 7.76. The smallest absolute Gasteiger partial charge is 0.433 e. The van der Waals surface area contributed by atoms with Gasteiger partial charge in [-0.25, -0.2) is 14.6 Å². The average molecular weight is 550 g/mol. The van der Waals surface area contributed by atoms with Gasteiger partial charge in [0, 0.05) is 11.8 Å². The Bertz CT molecular complexity index is 1540. The van der Waals surface area contributed by atoms with Gasteiger partial charge < -0.3 is 19.9 Å². The lowest BCUT2D eigenvalue weighted by Crippen LogP contribution is -2.40. The molecule has 1 aliphatic rings. The summed E-state index contributed by atoms with van der Waals surface area (Å²) in [5, 5.41) is 10.1. The van der Waals surface area contributed by atoms with E-state index in [2.05, 4.69) is 4.98 Å². The molecule has 0 bridgehead atoms. The minimum atomic E-state index is -4.65. The minimum absolute atomic E-state index is 0.0206. The number of carbonyl (C=O) groups excluding carboxylic acids is 2. The molecule has 0 amide bonds. The van der Waals surface area contributed by atoms with E-state index in [-0.39, 0.29) is 40.0 Å². The van der Waals surface area contributed by atoms with E-state index in [0.29, 0.717) is 5.56 Å². The van der Waals surface area contributed by atoms with Crippen molar-refractivity contribution in [2.24, 2.45) is 5.73 Å². The van der Waals surface area contributed by atoms with Gasteiger partial charge in [-0.1, -0.05) is 36.4 Å². The van der Waals surface area contributed by atoms with Crippen molar-refractivity contribution in [1.29, 1.82) is 5.26 Å². The summed E-state index contributed by atoms with van der Waals surface area (Å²) in [4.78, 5) is 30.8. The number of aromatic nitrogens is 1. The number of methoxy groups -OCH3 is 2. The van der Waals surface area contributed by atoms with Gasteiger partial charge in [0.25, 0.3) is 0 Å². The van der Waals surface area contributed by atoms with Crippen LogP contribution in [0.2, 0.25) is 0 Å². The van der Waals surface area contributed by atoms with Crippen LogP contribution in [0.15, 0.2) is 95.5 Å². The summed E-state index contributed by atoms with van der Waals surface area (Å²) in [5.74, 6) is -3.14. The van der Waals surface area contributed by atoms with E-state index in [1.807, 2.05) is 6.07 Å². The van der Waals surface area contributed by atoms with Gasteiger partial charge in [-0.15, -0.1) is 0 Å². The molecule has 1 atom stereocenters. The van der Waals surface area contributed by atoms with Crippen LogP contribution in [-0.4, -0.2) is 31.1 Å². The van der Waals surface area contributed by atoms with Crippen LogP contribution in [0, 0.1) is 11.3 Å². The van der Waals surface area contributed by atoms with Gasteiger partial charge in [-0.3, -0.25) is 4.90 Å². The first-order valence-electron chi connectivity index (χ1n) is 11.6. The topological polar surface area (TPSA) is 128 Å². The van der Waals surface area contributed by atoms with Gasteiger partial charge in [0.1, 0.15) is 23.0 Å². The molecule has 2 heterocycles. The van der Waals surface area contributed by atoms with Crippen molar-refractivity contribution >= 4 is 17.6 Å². The molecule has 2 aromatic carbocycles. The number of pyridine rings is 1. The number of alkyl halides is 3. The van der Waals surface area contributed by atoms with Gasteiger partial charge in [0.15, 0.2) is 0 Å². The van der Waals surface area contributed by atoms with E-state index in [1.54, 1.807) is 30.3 Å². The summed E-state index contributed by atoms with van der Waals surface area (Å²) in [7, 11) is 2.26. The number of hydrogen-bond acceptors (Lipinski definition) is 9. The molecule has 12 heteroatoms. The number of halogens is 3. The van der Waals surface area contributed by atoms with Gasteiger partial charge in [0.05, 0.1) is 37.4 Å². The third-order valence-electron chi connectivity index (χ3n) is 5.94. The number of rotatable bonds is 6. The molecule has 204 valence electrons. The predicted molar refractivity (Wildman–Crippen MR) is 135 cm³/mol. The van der Waals surface area contributed by atoms with Crippen molar-refractivity contribution in [2.75, 3.05) is 19.1 Å². The monoisotopic (exact) mass is 550 g/mol. The second-order valence-electron chi connectivity index (χ2n) is 8.29. The van der Waals surface area contributed by atoms with Crippen molar-refractivity contribution in [2.45, 2.75) is 12.1 Å². The highest BCUT2D eigenvalue weighted by molar-refractivity contribution is 6.06. The van der Waals surface area contributed by atoms with Crippen LogP contribution >= 0.6 is 0 Å². The molecule has 0 radical (unpaired) electrons. The van der Waals surface area contributed by atoms with Crippen LogP contribution in [0.1, 0.15) is 17.2 Å².